The van der Waals surface area contributed by atoms with Crippen LogP contribution in [-0.4, -0.2) is 12.5 Å². The van der Waals surface area contributed by atoms with Crippen LogP contribution in [-0.2, 0) is 4.79 Å². The van der Waals surface area contributed by atoms with E-state index in [-0.39, 0.29) is 5.91 Å². The lowest BCUT2D eigenvalue weighted by Crippen LogP contribution is -2.13. The number of carbonyl (C=O) groups excluding carboxylic acids is 1. The van der Waals surface area contributed by atoms with Gasteiger partial charge in [0.25, 0.3) is 0 Å². The van der Waals surface area contributed by atoms with Crippen LogP contribution in [0.2, 0.25) is 0 Å². The van der Waals surface area contributed by atoms with Gasteiger partial charge in [-0.15, -0.1) is 11.3 Å². The fourth-order valence-electron chi connectivity index (χ4n) is 1.49. The summed E-state index contributed by atoms with van der Waals surface area (Å²) in [4.78, 5) is 13.6. The van der Waals surface area contributed by atoms with E-state index in [4.69, 9.17) is 0 Å². The first-order chi connectivity index (χ1) is 6.16. The Labute approximate surface area is 89.5 Å². The monoisotopic (exact) mass is 259 g/mol. The minimum absolute atomic E-state index is 0.173. The fraction of sp³-hybridized carbons (Fsp3) is 0.444. The molecule has 1 aliphatic heterocycles. The molecule has 1 fully saturated rings. The number of hydrogen-bond donors (Lipinski definition) is 1. The SMILES string of the molecule is Cc1sc(C2CNC(=O)C2)cc1Br. The molecular weight excluding hydrogens is 250 g/mol. The summed E-state index contributed by atoms with van der Waals surface area (Å²) in [5.41, 5.74) is 0. The molecule has 1 N–H and O–H groups in total. The van der Waals surface area contributed by atoms with Crippen molar-refractivity contribution in [1.29, 1.82) is 0 Å². The molecule has 13 heavy (non-hydrogen) atoms. The molecule has 1 aromatic heterocycles. The van der Waals surface area contributed by atoms with Crippen LogP contribution in [0.5, 0.6) is 0 Å². The maximum atomic E-state index is 11.0. The summed E-state index contributed by atoms with van der Waals surface area (Å²) in [6.07, 6.45) is 0.645. The van der Waals surface area contributed by atoms with Gasteiger partial charge >= 0.3 is 0 Å². The number of nitrogens with one attached hydrogen (secondary N) is 1. The molecule has 70 valence electrons. The molecule has 0 spiro atoms. The van der Waals surface area contributed by atoms with E-state index in [9.17, 15) is 4.79 Å². The van der Waals surface area contributed by atoms with Gasteiger partial charge in [-0.05, 0) is 28.9 Å². The molecule has 1 amide bonds. The van der Waals surface area contributed by atoms with Crippen molar-refractivity contribution in [2.45, 2.75) is 19.3 Å². The van der Waals surface area contributed by atoms with Gasteiger partial charge < -0.3 is 5.32 Å². The Morgan fingerprint density at radius 2 is 2.46 bits per heavy atom. The summed E-state index contributed by atoms with van der Waals surface area (Å²) < 4.78 is 1.16. The van der Waals surface area contributed by atoms with E-state index >= 15 is 0 Å². The van der Waals surface area contributed by atoms with Crippen LogP contribution < -0.4 is 5.32 Å². The van der Waals surface area contributed by atoms with Crippen molar-refractivity contribution in [2.24, 2.45) is 0 Å². The molecule has 1 aliphatic rings. The molecule has 0 aromatic carbocycles. The first-order valence-electron chi connectivity index (χ1n) is 4.19. The lowest BCUT2D eigenvalue weighted by molar-refractivity contribution is -0.119. The lowest BCUT2D eigenvalue weighted by Gasteiger charge is -2.01. The Kier molecular flexibility index (Phi) is 2.43. The zero-order valence-electron chi connectivity index (χ0n) is 7.26. The Balaban J connectivity index is 2.21. The molecule has 0 aliphatic carbocycles. The molecule has 1 unspecified atom stereocenters. The minimum Gasteiger partial charge on any atom is -0.355 e. The second-order valence-electron chi connectivity index (χ2n) is 3.26. The van der Waals surface area contributed by atoms with E-state index in [1.807, 2.05) is 0 Å². The number of thiophene rings is 1. The van der Waals surface area contributed by atoms with Crippen molar-refractivity contribution < 1.29 is 4.79 Å². The Bertz CT molecular complexity index is 328. The molecule has 0 radical (unpaired) electrons. The average Bonchev–Trinajstić information content (AvgIpc) is 2.61. The van der Waals surface area contributed by atoms with Gasteiger partial charge in [-0.3, -0.25) is 4.79 Å². The molecule has 1 saturated heterocycles. The number of hydrogen-bond acceptors (Lipinski definition) is 2. The number of amides is 1. The molecular formula is C9H10BrNOS. The van der Waals surface area contributed by atoms with Crippen LogP contribution in [0.1, 0.15) is 22.1 Å². The molecule has 2 rings (SSSR count). The summed E-state index contributed by atoms with van der Waals surface area (Å²) in [6.45, 7) is 2.88. The third kappa shape index (κ3) is 1.79. The Morgan fingerprint density at radius 3 is 2.92 bits per heavy atom. The van der Waals surface area contributed by atoms with Crippen molar-refractivity contribution >= 4 is 33.2 Å². The molecule has 1 aromatic rings. The summed E-state index contributed by atoms with van der Waals surface area (Å²) in [5, 5.41) is 2.85. The smallest absolute Gasteiger partial charge is 0.220 e. The second-order valence-corrected chi connectivity index (χ2v) is 5.40. The van der Waals surface area contributed by atoms with E-state index in [0.29, 0.717) is 12.3 Å². The number of halogens is 1. The van der Waals surface area contributed by atoms with Crippen molar-refractivity contribution in [1.82, 2.24) is 5.32 Å². The van der Waals surface area contributed by atoms with E-state index in [1.165, 1.54) is 9.75 Å². The van der Waals surface area contributed by atoms with Crippen LogP contribution in [0.4, 0.5) is 0 Å². The van der Waals surface area contributed by atoms with Crippen LogP contribution in [0.25, 0.3) is 0 Å². The number of aryl methyl sites for hydroxylation is 1. The highest BCUT2D eigenvalue weighted by Crippen LogP contribution is 2.34. The van der Waals surface area contributed by atoms with Crippen molar-refractivity contribution in [3.8, 4) is 0 Å². The first-order valence-corrected chi connectivity index (χ1v) is 5.80. The highest BCUT2D eigenvalue weighted by molar-refractivity contribution is 9.10. The topological polar surface area (TPSA) is 29.1 Å². The zero-order chi connectivity index (χ0) is 9.42. The quantitative estimate of drug-likeness (QED) is 0.825. The maximum Gasteiger partial charge on any atom is 0.220 e. The summed E-state index contributed by atoms with van der Waals surface area (Å²) in [7, 11) is 0. The van der Waals surface area contributed by atoms with Gasteiger partial charge in [0.15, 0.2) is 0 Å². The molecule has 0 bridgehead atoms. The van der Waals surface area contributed by atoms with Gasteiger partial charge in [-0.25, -0.2) is 0 Å². The van der Waals surface area contributed by atoms with Crippen LogP contribution in [0, 0.1) is 6.92 Å². The summed E-state index contributed by atoms with van der Waals surface area (Å²) in [5.74, 6) is 0.565. The van der Waals surface area contributed by atoms with Gasteiger partial charge in [0.05, 0.1) is 0 Å². The Hall–Kier alpha value is -0.350. The third-order valence-corrected chi connectivity index (χ3v) is 4.56. The Morgan fingerprint density at radius 1 is 1.69 bits per heavy atom. The predicted octanol–water partition coefficient (Wildman–Crippen LogP) is 2.42. The molecule has 4 heteroatoms. The largest absolute Gasteiger partial charge is 0.355 e. The van der Waals surface area contributed by atoms with Crippen molar-refractivity contribution in [2.75, 3.05) is 6.54 Å². The van der Waals surface area contributed by atoms with Gasteiger partial charge in [-0.1, -0.05) is 0 Å². The second kappa shape index (κ2) is 3.42. The maximum absolute atomic E-state index is 11.0. The van der Waals surface area contributed by atoms with Gasteiger partial charge in [-0.2, -0.15) is 0 Å². The van der Waals surface area contributed by atoms with Gasteiger partial charge in [0.1, 0.15) is 0 Å². The molecule has 0 saturated carbocycles. The van der Waals surface area contributed by atoms with Crippen molar-refractivity contribution in [3.05, 3.63) is 20.3 Å². The van der Waals surface area contributed by atoms with E-state index in [2.05, 4.69) is 34.2 Å². The van der Waals surface area contributed by atoms with Crippen molar-refractivity contribution in [3.63, 3.8) is 0 Å². The van der Waals surface area contributed by atoms with E-state index in [1.54, 1.807) is 11.3 Å². The first kappa shape index (κ1) is 9.21. The zero-order valence-corrected chi connectivity index (χ0v) is 9.67. The normalized spacial score (nSPS) is 22.0. The lowest BCUT2D eigenvalue weighted by atomic mass is 10.1. The van der Waals surface area contributed by atoms with Gasteiger partial charge in [0.2, 0.25) is 5.91 Å². The predicted molar refractivity (Wildman–Crippen MR) is 57.1 cm³/mol. The highest BCUT2D eigenvalue weighted by atomic mass is 79.9. The summed E-state index contributed by atoms with van der Waals surface area (Å²) in [6, 6.07) is 2.13. The molecule has 2 nitrogen and oxygen atoms in total. The molecule has 2 heterocycles. The minimum atomic E-state index is 0.173. The third-order valence-electron chi connectivity index (χ3n) is 2.26. The highest BCUT2D eigenvalue weighted by Gasteiger charge is 2.24. The molecule has 1 atom stereocenters. The fourth-order valence-corrected chi connectivity index (χ4v) is 3.15. The van der Waals surface area contributed by atoms with Crippen LogP contribution >= 0.6 is 27.3 Å². The van der Waals surface area contributed by atoms with E-state index < -0.39 is 0 Å². The van der Waals surface area contributed by atoms with Crippen LogP contribution in [0.3, 0.4) is 0 Å². The van der Waals surface area contributed by atoms with Crippen LogP contribution in [0.15, 0.2) is 10.5 Å². The van der Waals surface area contributed by atoms with E-state index in [0.717, 1.165) is 11.0 Å². The van der Waals surface area contributed by atoms with Gasteiger partial charge in [0, 0.05) is 33.1 Å². The number of rotatable bonds is 1. The average molecular weight is 260 g/mol. The summed E-state index contributed by atoms with van der Waals surface area (Å²) >= 11 is 5.26. The standard InChI is InChI=1S/C9H10BrNOS/c1-5-7(10)3-8(13-5)6-2-9(12)11-4-6/h3,6H,2,4H2,1H3,(H,11,12). The number of carbonyl (C=O) groups is 1.